The zero-order valence-corrected chi connectivity index (χ0v) is 15.8. The van der Waals surface area contributed by atoms with Gasteiger partial charge >= 0.3 is 0 Å². The highest BCUT2D eigenvalue weighted by molar-refractivity contribution is 6.30. The number of carbonyl (C=O) groups excluding carboxylic acids is 2. The molecule has 2 aromatic rings. The summed E-state index contributed by atoms with van der Waals surface area (Å²) in [7, 11) is 4.36. The molecule has 0 spiro atoms. The van der Waals surface area contributed by atoms with Crippen LogP contribution in [0.25, 0.3) is 6.08 Å². The minimum Gasteiger partial charge on any atom is -0.493 e. The number of amides is 2. The lowest BCUT2D eigenvalue weighted by Crippen LogP contribution is -2.40. The molecule has 0 atom stereocenters. The number of hydrogen-bond donors (Lipinski definition) is 2. The lowest BCUT2D eigenvalue weighted by atomic mass is 10.1. The zero-order chi connectivity index (χ0) is 19.8. The van der Waals surface area contributed by atoms with Crippen molar-refractivity contribution < 1.29 is 23.8 Å². The van der Waals surface area contributed by atoms with Crippen molar-refractivity contribution in [1.29, 1.82) is 0 Å². The van der Waals surface area contributed by atoms with E-state index in [0.29, 0.717) is 22.3 Å². The van der Waals surface area contributed by atoms with Crippen LogP contribution in [-0.4, -0.2) is 33.1 Å². The quantitative estimate of drug-likeness (QED) is 0.585. The molecule has 0 fully saturated rings. The van der Waals surface area contributed by atoms with Crippen molar-refractivity contribution in [3.8, 4) is 17.2 Å². The van der Waals surface area contributed by atoms with E-state index in [2.05, 4.69) is 10.9 Å². The summed E-state index contributed by atoms with van der Waals surface area (Å²) in [6.07, 6.45) is 2.86. The smallest absolute Gasteiger partial charge is 0.269 e. The molecule has 0 saturated carbocycles. The first-order valence-corrected chi connectivity index (χ1v) is 8.20. The molecule has 0 aliphatic carbocycles. The second-order valence-corrected chi connectivity index (χ2v) is 5.68. The number of benzene rings is 2. The van der Waals surface area contributed by atoms with Gasteiger partial charge in [-0.2, -0.15) is 0 Å². The Labute approximate surface area is 161 Å². The van der Waals surface area contributed by atoms with Gasteiger partial charge in [-0.3, -0.25) is 20.4 Å². The maximum atomic E-state index is 12.3. The third kappa shape index (κ3) is 5.39. The van der Waals surface area contributed by atoms with Crippen LogP contribution in [0.5, 0.6) is 17.2 Å². The van der Waals surface area contributed by atoms with Gasteiger partial charge in [0.15, 0.2) is 11.5 Å². The summed E-state index contributed by atoms with van der Waals surface area (Å²) in [5.41, 5.74) is 5.60. The Balaban J connectivity index is 2.03. The first-order valence-electron chi connectivity index (χ1n) is 7.82. The van der Waals surface area contributed by atoms with Crippen molar-refractivity contribution >= 4 is 29.5 Å². The van der Waals surface area contributed by atoms with Gasteiger partial charge in [0.05, 0.1) is 21.3 Å². The second kappa shape index (κ2) is 9.49. The normalized spacial score (nSPS) is 10.4. The first-order chi connectivity index (χ1) is 13.0. The fourth-order valence-corrected chi connectivity index (χ4v) is 2.43. The predicted molar refractivity (Wildman–Crippen MR) is 102 cm³/mol. The van der Waals surface area contributed by atoms with Crippen molar-refractivity contribution in [2.24, 2.45) is 0 Å². The molecular formula is C19H19ClN2O5. The molecule has 27 heavy (non-hydrogen) atoms. The SMILES string of the molecule is COc1cc(C(=O)NNC(=O)/C=C/c2cccc(Cl)c2)cc(OC)c1OC. The van der Waals surface area contributed by atoms with E-state index in [1.54, 1.807) is 30.3 Å². The largest absolute Gasteiger partial charge is 0.493 e. The molecule has 142 valence electrons. The average Bonchev–Trinajstić information content (AvgIpc) is 2.69. The van der Waals surface area contributed by atoms with E-state index in [4.69, 9.17) is 25.8 Å². The molecule has 0 saturated heterocycles. The van der Waals surface area contributed by atoms with Crippen LogP contribution in [0.2, 0.25) is 5.02 Å². The van der Waals surface area contributed by atoms with Gasteiger partial charge in [0.25, 0.3) is 11.8 Å². The highest BCUT2D eigenvalue weighted by atomic mass is 35.5. The number of hydrogen-bond acceptors (Lipinski definition) is 5. The molecule has 0 aliphatic heterocycles. The molecule has 0 unspecified atom stereocenters. The van der Waals surface area contributed by atoms with Gasteiger partial charge in [-0.25, -0.2) is 0 Å². The molecular weight excluding hydrogens is 372 g/mol. The molecule has 0 heterocycles. The summed E-state index contributed by atoms with van der Waals surface area (Å²) in [6.45, 7) is 0. The van der Waals surface area contributed by atoms with Crippen molar-refractivity contribution in [2.75, 3.05) is 21.3 Å². The Hall–Kier alpha value is -3.19. The summed E-state index contributed by atoms with van der Waals surface area (Å²) in [5, 5.41) is 0.563. The number of carbonyl (C=O) groups is 2. The second-order valence-electron chi connectivity index (χ2n) is 5.25. The van der Waals surface area contributed by atoms with Crippen LogP contribution < -0.4 is 25.1 Å². The summed E-state index contributed by atoms with van der Waals surface area (Å²) in [4.78, 5) is 24.2. The van der Waals surface area contributed by atoms with E-state index in [1.165, 1.54) is 39.5 Å². The number of hydrazine groups is 1. The highest BCUT2D eigenvalue weighted by Gasteiger charge is 2.17. The number of halogens is 1. The van der Waals surface area contributed by atoms with E-state index in [-0.39, 0.29) is 5.56 Å². The Kier molecular flexibility index (Phi) is 7.08. The third-order valence-corrected chi connectivity index (χ3v) is 3.74. The van der Waals surface area contributed by atoms with Crippen LogP contribution in [0.15, 0.2) is 42.5 Å². The lowest BCUT2D eigenvalue weighted by Gasteiger charge is -2.14. The van der Waals surface area contributed by atoms with Crippen LogP contribution in [0, 0.1) is 0 Å². The van der Waals surface area contributed by atoms with Crippen LogP contribution in [-0.2, 0) is 4.79 Å². The maximum Gasteiger partial charge on any atom is 0.269 e. The molecule has 0 radical (unpaired) electrons. The molecule has 0 aliphatic rings. The Morgan fingerprint density at radius 2 is 1.63 bits per heavy atom. The average molecular weight is 391 g/mol. The van der Waals surface area contributed by atoms with Gasteiger partial charge < -0.3 is 14.2 Å². The Morgan fingerprint density at radius 3 is 2.19 bits per heavy atom. The highest BCUT2D eigenvalue weighted by Crippen LogP contribution is 2.38. The van der Waals surface area contributed by atoms with E-state index in [9.17, 15) is 9.59 Å². The van der Waals surface area contributed by atoms with Gasteiger partial charge in [-0.05, 0) is 35.9 Å². The summed E-state index contributed by atoms with van der Waals surface area (Å²) in [5.74, 6) is -0.0251. The molecule has 2 N–H and O–H groups in total. The number of rotatable bonds is 6. The number of methoxy groups -OCH3 is 3. The van der Waals surface area contributed by atoms with E-state index >= 15 is 0 Å². The van der Waals surface area contributed by atoms with Crippen LogP contribution in [0.3, 0.4) is 0 Å². The van der Waals surface area contributed by atoms with Crippen molar-refractivity contribution in [2.45, 2.75) is 0 Å². The minimum atomic E-state index is -0.543. The van der Waals surface area contributed by atoms with Crippen LogP contribution >= 0.6 is 11.6 Å². The van der Waals surface area contributed by atoms with Gasteiger partial charge in [-0.15, -0.1) is 0 Å². The van der Waals surface area contributed by atoms with Crippen LogP contribution in [0.4, 0.5) is 0 Å². The topological polar surface area (TPSA) is 85.9 Å². The predicted octanol–water partition coefficient (Wildman–Crippen LogP) is 2.84. The molecule has 7 nitrogen and oxygen atoms in total. The van der Waals surface area contributed by atoms with E-state index in [1.807, 2.05) is 0 Å². The van der Waals surface area contributed by atoms with Crippen molar-refractivity contribution in [3.63, 3.8) is 0 Å². The number of nitrogens with one attached hydrogen (secondary N) is 2. The summed E-state index contributed by atoms with van der Waals surface area (Å²) < 4.78 is 15.6. The maximum absolute atomic E-state index is 12.3. The molecule has 0 aromatic heterocycles. The molecule has 0 bridgehead atoms. The lowest BCUT2D eigenvalue weighted by molar-refractivity contribution is -0.117. The fourth-order valence-electron chi connectivity index (χ4n) is 2.23. The van der Waals surface area contributed by atoms with Gasteiger partial charge in [-0.1, -0.05) is 23.7 Å². The molecule has 2 amide bonds. The molecule has 2 rings (SSSR count). The van der Waals surface area contributed by atoms with Gasteiger partial charge in [0, 0.05) is 16.7 Å². The summed E-state index contributed by atoms with van der Waals surface area (Å²) in [6, 6.07) is 9.96. The Morgan fingerprint density at radius 1 is 0.963 bits per heavy atom. The number of ether oxygens (including phenoxy) is 3. The third-order valence-electron chi connectivity index (χ3n) is 3.50. The standard InChI is InChI=1S/C19H19ClN2O5/c1-25-15-10-13(11-16(26-2)18(15)27-3)19(24)22-21-17(23)8-7-12-5-4-6-14(20)9-12/h4-11H,1-3H3,(H,21,23)(H,22,24)/b8-7+. The molecule has 8 heteroatoms. The van der Waals surface area contributed by atoms with Crippen molar-refractivity contribution in [3.05, 3.63) is 58.6 Å². The summed E-state index contributed by atoms with van der Waals surface area (Å²) >= 11 is 5.88. The minimum absolute atomic E-state index is 0.226. The fraction of sp³-hybridized carbons (Fsp3) is 0.158. The van der Waals surface area contributed by atoms with E-state index in [0.717, 1.165) is 5.56 Å². The van der Waals surface area contributed by atoms with Gasteiger partial charge in [0.2, 0.25) is 5.75 Å². The molecule has 2 aromatic carbocycles. The Bertz CT molecular complexity index is 842. The monoisotopic (exact) mass is 390 g/mol. The van der Waals surface area contributed by atoms with E-state index < -0.39 is 11.8 Å². The zero-order valence-electron chi connectivity index (χ0n) is 15.0. The van der Waals surface area contributed by atoms with Crippen molar-refractivity contribution in [1.82, 2.24) is 10.9 Å². The van der Waals surface area contributed by atoms with Gasteiger partial charge in [0.1, 0.15) is 0 Å². The van der Waals surface area contributed by atoms with Crippen LogP contribution in [0.1, 0.15) is 15.9 Å². The first kappa shape index (κ1) is 20.1.